The molecule has 0 spiro atoms. The molecule has 0 radical (unpaired) electrons. The highest BCUT2D eigenvalue weighted by Gasteiger charge is 2.39. The van der Waals surface area contributed by atoms with Gasteiger partial charge in [-0.15, -0.1) is 0 Å². The normalized spacial score (nSPS) is 18.1. The molecular weight excluding hydrogens is 342 g/mol. The molecule has 2 atom stereocenters. The number of carbonyl (C=O) groups excluding carboxylic acids is 3. The first-order valence-corrected chi connectivity index (χ1v) is 9.25. The van der Waals surface area contributed by atoms with E-state index in [-0.39, 0.29) is 30.3 Å². The highest BCUT2D eigenvalue weighted by molar-refractivity contribution is 6.06. The molecule has 3 rings (SSSR count). The third-order valence-corrected chi connectivity index (χ3v) is 4.77. The van der Waals surface area contributed by atoms with Crippen molar-refractivity contribution in [1.82, 2.24) is 15.5 Å². The van der Waals surface area contributed by atoms with Crippen LogP contribution in [0.5, 0.6) is 0 Å². The number of benzene rings is 2. The molecule has 1 heterocycles. The maximum absolute atomic E-state index is 12.4. The second-order valence-electron chi connectivity index (χ2n) is 7.45. The second kappa shape index (κ2) is 7.78. The van der Waals surface area contributed by atoms with Gasteiger partial charge in [-0.3, -0.25) is 14.5 Å². The number of carbonyl (C=O) groups is 3. The number of hydrogen-bond donors (Lipinski definition) is 2. The fourth-order valence-electron chi connectivity index (χ4n) is 3.35. The number of fused-ring (bicyclic) bond motifs is 1. The Morgan fingerprint density at radius 1 is 1.11 bits per heavy atom. The molecule has 4 amide bonds. The van der Waals surface area contributed by atoms with Crippen molar-refractivity contribution in [3.05, 3.63) is 48.0 Å². The molecule has 6 nitrogen and oxygen atoms in total. The lowest BCUT2D eigenvalue weighted by atomic mass is 10.0. The summed E-state index contributed by atoms with van der Waals surface area (Å²) in [5.41, 5.74) is 0.969. The van der Waals surface area contributed by atoms with E-state index in [1.807, 2.05) is 63.2 Å². The van der Waals surface area contributed by atoms with Crippen LogP contribution >= 0.6 is 0 Å². The maximum atomic E-state index is 12.4. The van der Waals surface area contributed by atoms with Gasteiger partial charge in [0.1, 0.15) is 12.6 Å². The molecule has 2 aromatic rings. The van der Waals surface area contributed by atoms with Crippen LogP contribution in [0.25, 0.3) is 10.8 Å². The van der Waals surface area contributed by atoms with Gasteiger partial charge in [-0.2, -0.15) is 0 Å². The Kier molecular flexibility index (Phi) is 5.44. The molecular formula is C21H25N3O3. The zero-order valence-corrected chi connectivity index (χ0v) is 15.9. The van der Waals surface area contributed by atoms with Crippen LogP contribution < -0.4 is 10.6 Å². The van der Waals surface area contributed by atoms with Crippen molar-refractivity contribution < 1.29 is 14.4 Å². The Morgan fingerprint density at radius 2 is 1.81 bits per heavy atom. The number of imide groups is 1. The van der Waals surface area contributed by atoms with Gasteiger partial charge >= 0.3 is 6.03 Å². The SMILES string of the molecule is CC(C)CC1NC(=O)N(CC(=O)NC(C)c2ccc3ccccc3c2)C1=O. The fourth-order valence-corrected chi connectivity index (χ4v) is 3.35. The number of rotatable bonds is 6. The Balaban J connectivity index is 1.62. The summed E-state index contributed by atoms with van der Waals surface area (Å²) < 4.78 is 0. The zero-order valence-electron chi connectivity index (χ0n) is 15.9. The van der Waals surface area contributed by atoms with Crippen molar-refractivity contribution in [1.29, 1.82) is 0 Å². The molecule has 0 bridgehead atoms. The lowest BCUT2D eigenvalue weighted by Crippen LogP contribution is -2.41. The largest absolute Gasteiger partial charge is 0.348 e. The summed E-state index contributed by atoms with van der Waals surface area (Å²) in [6, 6.07) is 12.8. The van der Waals surface area contributed by atoms with E-state index in [0.29, 0.717) is 6.42 Å². The van der Waals surface area contributed by atoms with Crippen LogP contribution in [-0.2, 0) is 9.59 Å². The molecule has 2 N–H and O–H groups in total. The summed E-state index contributed by atoms with van der Waals surface area (Å²) in [5.74, 6) is -0.410. The van der Waals surface area contributed by atoms with Gasteiger partial charge in [0.05, 0.1) is 6.04 Å². The van der Waals surface area contributed by atoms with E-state index in [9.17, 15) is 14.4 Å². The average Bonchev–Trinajstić information content (AvgIpc) is 2.88. The van der Waals surface area contributed by atoms with Crippen molar-refractivity contribution in [2.45, 2.75) is 39.3 Å². The van der Waals surface area contributed by atoms with Crippen molar-refractivity contribution in [2.75, 3.05) is 6.54 Å². The molecule has 1 aliphatic heterocycles. The minimum absolute atomic E-state index is 0.227. The van der Waals surface area contributed by atoms with Gasteiger partial charge in [0, 0.05) is 0 Å². The van der Waals surface area contributed by atoms with Gasteiger partial charge in [-0.25, -0.2) is 4.79 Å². The van der Waals surface area contributed by atoms with Gasteiger partial charge in [0.2, 0.25) is 5.91 Å². The van der Waals surface area contributed by atoms with Crippen LogP contribution in [0.2, 0.25) is 0 Å². The van der Waals surface area contributed by atoms with E-state index >= 15 is 0 Å². The van der Waals surface area contributed by atoms with E-state index < -0.39 is 12.1 Å². The molecule has 6 heteroatoms. The van der Waals surface area contributed by atoms with Crippen LogP contribution in [0.1, 0.15) is 38.8 Å². The molecule has 2 unspecified atom stereocenters. The summed E-state index contributed by atoms with van der Waals surface area (Å²) >= 11 is 0. The lowest BCUT2D eigenvalue weighted by Gasteiger charge is -2.18. The van der Waals surface area contributed by atoms with Gasteiger partial charge in [0.25, 0.3) is 5.91 Å². The molecule has 142 valence electrons. The molecule has 1 fully saturated rings. The summed E-state index contributed by atoms with van der Waals surface area (Å²) in [5, 5.41) is 7.76. The minimum Gasteiger partial charge on any atom is -0.348 e. The average molecular weight is 367 g/mol. The second-order valence-corrected chi connectivity index (χ2v) is 7.45. The predicted octanol–water partition coefficient (Wildman–Crippen LogP) is 2.98. The van der Waals surface area contributed by atoms with Crippen LogP contribution in [0, 0.1) is 5.92 Å². The predicted molar refractivity (Wildman–Crippen MR) is 104 cm³/mol. The van der Waals surface area contributed by atoms with Crippen molar-refractivity contribution in [3.8, 4) is 0 Å². The number of urea groups is 1. The summed E-state index contributed by atoms with van der Waals surface area (Å²) in [6.45, 7) is 5.59. The van der Waals surface area contributed by atoms with Crippen molar-refractivity contribution >= 4 is 28.6 Å². The molecule has 1 saturated heterocycles. The van der Waals surface area contributed by atoms with Gasteiger partial charge in [-0.1, -0.05) is 50.2 Å². The fraction of sp³-hybridized carbons (Fsp3) is 0.381. The molecule has 2 aromatic carbocycles. The van der Waals surface area contributed by atoms with E-state index in [1.54, 1.807) is 0 Å². The molecule has 1 aliphatic rings. The maximum Gasteiger partial charge on any atom is 0.325 e. The number of amides is 4. The van der Waals surface area contributed by atoms with E-state index in [2.05, 4.69) is 10.6 Å². The molecule has 0 saturated carbocycles. The number of hydrogen-bond acceptors (Lipinski definition) is 3. The standard InChI is InChI=1S/C21H25N3O3/c1-13(2)10-18-20(26)24(21(27)23-18)12-19(25)22-14(3)16-9-8-15-6-4-5-7-17(15)11-16/h4-9,11,13-14,18H,10,12H2,1-3H3,(H,22,25)(H,23,27). The third kappa shape index (κ3) is 4.27. The summed E-state index contributed by atoms with van der Waals surface area (Å²) in [4.78, 5) is 37.8. The lowest BCUT2D eigenvalue weighted by molar-refractivity contribution is -0.132. The van der Waals surface area contributed by atoms with Gasteiger partial charge in [-0.05, 0) is 41.7 Å². The van der Waals surface area contributed by atoms with Crippen molar-refractivity contribution in [2.24, 2.45) is 5.92 Å². The van der Waals surface area contributed by atoms with Crippen LogP contribution in [0.3, 0.4) is 0 Å². The zero-order chi connectivity index (χ0) is 19.6. The third-order valence-electron chi connectivity index (χ3n) is 4.77. The number of nitrogens with one attached hydrogen (secondary N) is 2. The molecule has 0 aromatic heterocycles. The van der Waals surface area contributed by atoms with E-state index in [4.69, 9.17) is 0 Å². The first kappa shape index (κ1) is 18.9. The molecule has 27 heavy (non-hydrogen) atoms. The van der Waals surface area contributed by atoms with Gasteiger partial charge < -0.3 is 10.6 Å². The Bertz CT molecular complexity index is 878. The Morgan fingerprint density at radius 3 is 2.52 bits per heavy atom. The molecule has 0 aliphatic carbocycles. The first-order valence-electron chi connectivity index (χ1n) is 9.25. The Labute approximate surface area is 158 Å². The van der Waals surface area contributed by atoms with Crippen molar-refractivity contribution in [3.63, 3.8) is 0 Å². The highest BCUT2D eigenvalue weighted by Crippen LogP contribution is 2.20. The summed E-state index contributed by atoms with van der Waals surface area (Å²) in [6.07, 6.45) is 0.566. The minimum atomic E-state index is -0.539. The topological polar surface area (TPSA) is 78.5 Å². The van der Waals surface area contributed by atoms with E-state index in [0.717, 1.165) is 21.2 Å². The van der Waals surface area contributed by atoms with Gasteiger partial charge in [0.15, 0.2) is 0 Å². The summed E-state index contributed by atoms with van der Waals surface area (Å²) in [7, 11) is 0. The first-order chi connectivity index (χ1) is 12.8. The highest BCUT2D eigenvalue weighted by atomic mass is 16.2. The smallest absolute Gasteiger partial charge is 0.325 e. The number of nitrogens with zero attached hydrogens (tertiary/aromatic N) is 1. The van der Waals surface area contributed by atoms with Crippen LogP contribution in [0.4, 0.5) is 4.79 Å². The van der Waals surface area contributed by atoms with Crippen LogP contribution in [-0.4, -0.2) is 35.3 Å². The quantitative estimate of drug-likeness (QED) is 0.771. The monoisotopic (exact) mass is 367 g/mol. The Hall–Kier alpha value is -2.89. The van der Waals surface area contributed by atoms with E-state index in [1.165, 1.54) is 0 Å². The van der Waals surface area contributed by atoms with Crippen LogP contribution in [0.15, 0.2) is 42.5 Å².